The maximum Gasteiger partial charge on any atom is 0.0154 e. The van der Waals surface area contributed by atoms with Crippen LogP contribution in [0.5, 0.6) is 11.5 Å². The van der Waals surface area contributed by atoms with Gasteiger partial charge in [0.2, 0.25) is 0 Å². The molecule has 6 heteroatoms. The maximum absolute atomic E-state index is 6.68. The van der Waals surface area contributed by atoms with E-state index in [1.54, 1.807) is 0 Å². The number of imidazole rings is 2. The summed E-state index contributed by atoms with van der Waals surface area (Å²) >= 11 is 2.45. The van der Waals surface area contributed by atoms with E-state index in [0.29, 0.717) is 11.5 Å². The molecular weight excluding hydrogens is 772 g/mol. The predicted octanol–water partition coefficient (Wildman–Crippen LogP) is 9.84. The van der Waals surface area contributed by atoms with Crippen LogP contribution in [0.2, 0.25) is 0 Å². The number of hydrogen-bond donors (Lipinski definition) is 0. The molecule has 7 aromatic rings. The Morgan fingerprint density at radius 1 is 0.729 bits per heavy atom. The third kappa shape index (κ3) is 3.41. The van der Waals surface area contributed by atoms with Crippen molar-refractivity contribution in [2.45, 2.75) is 84.0 Å². The smallest absolute Gasteiger partial charge is 0.0154 e. The molecule has 0 spiro atoms. The van der Waals surface area contributed by atoms with E-state index >= 15 is 0 Å². The Bertz CT molecular complexity index is 2640. The zero-order valence-corrected chi connectivity index (χ0v) is 31.6. The summed E-state index contributed by atoms with van der Waals surface area (Å²) in [6, 6.07) is 27.3. The van der Waals surface area contributed by atoms with Crippen LogP contribution in [0.15, 0.2) is 60.8 Å². The molecule has 0 radical (unpaired) electrons. The average molecular weight is 812 g/mol. The fraction of sp³-hybridized carbons (Fsp3) is 0.333. The van der Waals surface area contributed by atoms with E-state index in [1.807, 2.05) is 0 Å². The minimum Gasteiger partial charge on any atom is -0.0548 e. The summed E-state index contributed by atoms with van der Waals surface area (Å²) < 4.78 is 14.8. The summed E-state index contributed by atoms with van der Waals surface area (Å²) in [5.74, 6) is 1.32. The molecule has 0 saturated carbocycles. The minimum atomic E-state index is -0.170. The molecule has 0 fully saturated rings. The van der Waals surface area contributed by atoms with E-state index in [0.717, 1.165) is 25.9 Å². The van der Waals surface area contributed by atoms with Gasteiger partial charge in [0.25, 0.3) is 0 Å². The molecule has 48 heavy (non-hydrogen) atoms. The monoisotopic (exact) mass is 811 g/mol. The number of para-hydroxylation sites is 1. The van der Waals surface area contributed by atoms with Crippen LogP contribution in [0, 0.1) is 22.9 Å². The van der Waals surface area contributed by atoms with Gasteiger partial charge in [-0.05, 0) is 12.5 Å². The van der Waals surface area contributed by atoms with Gasteiger partial charge < -0.3 is 0 Å². The van der Waals surface area contributed by atoms with E-state index in [-0.39, 0.29) is 21.7 Å². The Kier molecular flexibility index (Phi) is 5.76. The Morgan fingerprint density at radius 2 is 1.38 bits per heavy atom. The van der Waals surface area contributed by atoms with Crippen molar-refractivity contribution in [3.05, 3.63) is 105 Å². The predicted molar refractivity (Wildman–Crippen MR) is 190 cm³/mol. The fourth-order valence-electron chi connectivity index (χ4n) is 8.60. The number of nitrogens with zero attached hydrogens (tertiary/aromatic N) is 4. The molecule has 2 aliphatic heterocycles. The topological polar surface area (TPSA) is 36.4 Å². The van der Waals surface area contributed by atoms with Crippen LogP contribution in [0.3, 0.4) is 0 Å². The molecular formula is C42H40N4OPt-2. The van der Waals surface area contributed by atoms with E-state index in [2.05, 4.69) is 175 Å². The first-order valence-corrected chi connectivity index (χ1v) is 17.9. The molecule has 5 nitrogen and oxygen atoms in total. The molecule has 0 amide bonds. The molecule has 0 aliphatic carbocycles. The van der Waals surface area contributed by atoms with E-state index in [1.165, 1.54) is 49.9 Å². The summed E-state index contributed by atoms with van der Waals surface area (Å²) in [6.45, 7) is 21.1. The first-order chi connectivity index (χ1) is 22.6. The number of rotatable bonds is 2. The van der Waals surface area contributed by atoms with Crippen molar-refractivity contribution >= 4 is 38.4 Å². The SMILES string of the molecule is Cc1ccc2c3c1c1ccc(Oc4[c-]c5c(cc4)C(C)(C)C(C)(C)c4cccc6c4n-5[c](=[Pt])n6C)[c-]c1c1ncc(n13)C(C)(C)C2(C)C. The van der Waals surface area contributed by atoms with Crippen molar-refractivity contribution in [2.75, 3.05) is 0 Å². The third-order valence-corrected chi connectivity index (χ3v) is 14.2. The number of benzene rings is 4. The zero-order valence-electron chi connectivity index (χ0n) is 29.3. The van der Waals surface area contributed by atoms with Crippen LogP contribution in [0.4, 0.5) is 0 Å². The maximum atomic E-state index is 6.68. The van der Waals surface area contributed by atoms with Gasteiger partial charge in [-0.1, -0.05) is 39.8 Å². The number of ether oxygens (including phenoxy) is 1. The summed E-state index contributed by atoms with van der Waals surface area (Å²) in [4.78, 5) is 5.05. The standard InChI is InChI=1S/C42H40N4O.Pt/c1-24-14-18-31-37-35(24)27-17-15-25(20-28(27)38-43-22-34(46(37)38)42(8,9)41(31,6)7)47-26-16-19-29-33(21-26)45-23-44(10)32-13-11-12-30(36(32)45)40(4,5)39(29,2)3;/h11-19,22H,1-10H3;/q-2;. The summed E-state index contributed by atoms with van der Waals surface area (Å²) in [5.41, 5.74) is 11.6. The molecule has 0 N–H and O–H groups in total. The van der Waals surface area contributed by atoms with E-state index < -0.39 is 0 Å². The Hall–Kier alpha value is -3.95. The van der Waals surface area contributed by atoms with Crippen molar-refractivity contribution in [1.29, 1.82) is 0 Å². The van der Waals surface area contributed by atoms with Crippen LogP contribution in [-0.4, -0.2) is 18.5 Å². The largest absolute Gasteiger partial charge is 0.0548 e. The molecule has 4 aromatic carbocycles. The van der Waals surface area contributed by atoms with Gasteiger partial charge in [0.05, 0.1) is 0 Å². The van der Waals surface area contributed by atoms with Gasteiger partial charge in [0.1, 0.15) is 0 Å². The number of pyridine rings is 1. The van der Waals surface area contributed by atoms with Crippen LogP contribution in [-0.2, 0) is 48.1 Å². The van der Waals surface area contributed by atoms with E-state index in [9.17, 15) is 0 Å². The second kappa shape index (κ2) is 9.18. The molecule has 5 heterocycles. The van der Waals surface area contributed by atoms with Crippen LogP contribution in [0.25, 0.3) is 44.0 Å². The second-order valence-corrected chi connectivity index (χ2v) is 17.1. The van der Waals surface area contributed by atoms with Gasteiger partial charge in [-0.15, -0.1) is 0 Å². The van der Waals surface area contributed by atoms with Crippen molar-refractivity contribution < 1.29 is 24.1 Å². The molecule has 0 unspecified atom stereocenters. The molecule has 246 valence electrons. The number of aromatic nitrogens is 4. The van der Waals surface area contributed by atoms with Crippen LogP contribution in [0.1, 0.15) is 83.3 Å². The Morgan fingerprint density at radius 3 is 2.15 bits per heavy atom. The molecule has 0 saturated heterocycles. The second-order valence-electron chi connectivity index (χ2n) is 16.1. The van der Waals surface area contributed by atoms with Gasteiger partial charge in [0, 0.05) is 10.8 Å². The zero-order chi connectivity index (χ0) is 33.9. The normalized spacial score (nSPS) is 18.2. The quantitative estimate of drug-likeness (QED) is 0.129. The Balaban J connectivity index is 1.26. The van der Waals surface area contributed by atoms with Gasteiger partial charge >= 0.3 is 231 Å². The van der Waals surface area contributed by atoms with Crippen molar-refractivity contribution in [1.82, 2.24) is 18.5 Å². The molecule has 3 aromatic heterocycles. The van der Waals surface area contributed by atoms with Gasteiger partial charge in [-0.3, -0.25) is 0 Å². The summed E-state index contributed by atoms with van der Waals surface area (Å²) in [6.07, 6.45) is 2.07. The average Bonchev–Trinajstić information content (AvgIpc) is 3.59. The molecule has 2 aliphatic rings. The van der Waals surface area contributed by atoms with Crippen LogP contribution < -0.4 is 4.74 Å². The first-order valence-electron chi connectivity index (χ1n) is 16.8. The summed E-state index contributed by atoms with van der Waals surface area (Å²) in [5, 5.41) is 3.39. The summed E-state index contributed by atoms with van der Waals surface area (Å²) in [7, 11) is 2.14. The third-order valence-electron chi connectivity index (χ3n) is 12.9. The molecule has 0 bridgehead atoms. The fourth-order valence-corrected chi connectivity index (χ4v) is 9.38. The number of hydrogen-bond acceptors (Lipinski definition) is 2. The number of aryl methyl sites for hydroxylation is 2. The van der Waals surface area contributed by atoms with Gasteiger partial charge in [-0.25, -0.2) is 0 Å². The van der Waals surface area contributed by atoms with Crippen molar-refractivity contribution in [3.63, 3.8) is 0 Å². The Labute approximate surface area is 292 Å². The van der Waals surface area contributed by atoms with Crippen LogP contribution >= 0.6 is 0 Å². The van der Waals surface area contributed by atoms with Gasteiger partial charge in [-0.2, -0.15) is 0 Å². The molecule has 0 atom stereocenters. The number of fused-ring (bicyclic) bond motifs is 5. The first kappa shape index (κ1) is 30.1. The van der Waals surface area contributed by atoms with E-state index in [4.69, 9.17) is 9.72 Å². The van der Waals surface area contributed by atoms with Gasteiger partial charge in [0.15, 0.2) is 0 Å². The van der Waals surface area contributed by atoms with Crippen molar-refractivity contribution in [3.8, 4) is 17.2 Å². The minimum absolute atomic E-state index is 0.0615. The molecule has 9 rings (SSSR count). The van der Waals surface area contributed by atoms with Crippen molar-refractivity contribution in [2.24, 2.45) is 7.05 Å².